The minimum absolute atomic E-state index is 0.128. The van der Waals surface area contributed by atoms with Gasteiger partial charge in [0.25, 0.3) is 0 Å². The van der Waals surface area contributed by atoms with E-state index < -0.39 is 11.9 Å². The minimum atomic E-state index is -0.670. The Kier molecular flexibility index (Phi) is 14.7. The Morgan fingerprint density at radius 3 is 1.88 bits per heavy atom. The third-order valence-corrected chi connectivity index (χ3v) is 6.29. The second kappa shape index (κ2) is 16.7. The molecule has 1 rings (SSSR count). The Balaban J connectivity index is 2.31. The molecule has 1 aliphatic carbocycles. The van der Waals surface area contributed by atoms with Crippen molar-refractivity contribution in [3.05, 3.63) is 46.6 Å². The van der Waals surface area contributed by atoms with Crippen molar-refractivity contribution >= 4 is 11.8 Å². The van der Waals surface area contributed by atoms with Gasteiger partial charge in [-0.15, -0.1) is 0 Å². The van der Waals surface area contributed by atoms with Gasteiger partial charge < -0.3 is 4.74 Å². The molecule has 0 bridgehead atoms. The van der Waals surface area contributed by atoms with E-state index in [-0.39, 0.29) is 5.78 Å². The van der Waals surface area contributed by atoms with Crippen LogP contribution in [0.15, 0.2) is 46.6 Å². The molecule has 3 nitrogen and oxygen atoms in total. The van der Waals surface area contributed by atoms with Crippen LogP contribution in [0, 0.1) is 5.92 Å². The van der Waals surface area contributed by atoms with Gasteiger partial charge >= 0.3 is 5.97 Å². The monoisotopic (exact) mass is 442 g/mol. The number of rotatable bonds is 14. The van der Waals surface area contributed by atoms with E-state index in [1.807, 2.05) is 6.08 Å². The van der Waals surface area contributed by atoms with Gasteiger partial charge in [-0.1, -0.05) is 53.0 Å². The van der Waals surface area contributed by atoms with E-state index in [1.165, 1.54) is 68.6 Å². The Bertz CT molecular complexity index is 698. The molecule has 1 unspecified atom stereocenters. The molecule has 1 atom stereocenters. The van der Waals surface area contributed by atoms with Crippen LogP contribution in [-0.2, 0) is 14.3 Å². The highest BCUT2D eigenvalue weighted by molar-refractivity contribution is 5.97. The zero-order chi connectivity index (χ0) is 23.8. The SMILES string of the molecule is CCOC(=O)C(C/C=C(\C)CC/C=C(\C)CC/C=C(\C)CCC=C1CCCCC1)C(C)=O. The third kappa shape index (κ3) is 12.8. The maximum atomic E-state index is 11.9. The highest BCUT2D eigenvalue weighted by Crippen LogP contribution is 2.24. The summed E-state index contributed by atoms with van der Waals surface area (Å²) in [6, 6.07) is 0. The predicted molar refractivity (Wildman–Crippen MR) is 136 cm³/mol. The smallest absolute Gasteiger partial charge is 0.316 e. The van der Waals surface area contributed by atoms with Crippen LogP contribution in [0.5, 0.6) is 0 Å². The molecule has 0 saturated heterocycles. The maximum Gasteiger partial charge on any atom is 0.316 e. The Hall–Kier alpha value is -1.90. The molecule has 1 saturated carbocycles. The molecule has 180 valence electrons. The summed E-state index contributed by atoms with van der Waals surface area (Å²) in [5.74, 6) is -1.21. The van der Waals surface area contributed by atoms with E-state index in [2.05, 4.69) is 39.0 Å². The van der Waals surface area contributed by atoms with Crippen molar-refractivity contribution in [3.63, 3.8) is 0 Å². The number of Topliss-reactive ketones (excluding diaryl/α,β-unsaturated/α-hetero) is 1. The fraction of sp³-hybridized carbons (Fsp3) is 0.655. The van der Waals surface area contributed by atoms with Gasteiger partial charge in [0.05, 0.1) is 6.61 Å². The molecule has 0 spiro atoms. The van der Waals surface area contributed by atoms with Gasteiger partial charge in [-0.25, -0.2) is 0 Å². The zero-order valence-corrected chi connectivity index (χ0v) is 21.3. The van der Waals surface area contributed by atoms with Crippen molar-refractivity contribution < 1.29 is 14.3 Å². The first-order valence-corrected chi connectivity index (χ1v) is 12.6. The number of allylic oxidation sites excluding steroid dienone is 8. The second-order valence-corrected chi connectivity index (χ2v) is 9.34. The average Bonchev–Trinajstić information content (AvgIpc) is 2.74. The zero-order valence-electron chi connectivity index (χ0n) is 21.3. The van der Waals surface area contributed by atoms with Gasteiger partial charge in [0, 0.05) is 0 Å². The first-order valence-electron chi connectivity index (χ1n) is 12.6. The largest absolute Gasteiger partial charge is 0.465 e. The van der Waals surface area contributed by atoms with Gasteiger partial charge in [-0.2, -0.15) is 0 Å². The molecule has 0 amide bonds. The minimum Gasteiger partial charge on any atom is -0.465 e. The summed E-state index contributed by atoms with van der Waals surface area (Å²) >= 11 is 0. The van der Waals surface area contributed by atoms with Gasteiger partial charge in [0.2, 0.25) is 0 Å². The molecule has 3 heteroatoms. The van der Waals surface area contributed by atoms with Gasteiger partial charge in [0.1, 0.15) is 11.7 Å². The summed E-state index contributed by atoms with van der Waals surface area (Å²) in [4.78, 5) is 23.6. The summed E-state index contributed by atoms with van der Waals surface area (Å²) in [6.07, 6.45) is 23.0. The molecule has 0 aromatic carbocycles. The molecule has 0 aliphatic heterocycles. The highest BCUT2D eigenvalue weighted by atomic mass is 16.5. The summed E-state index contributed by atoms with van der Waals surface area (Å²) in [5.41, 5.74) is 5.84. The lowest BCUT2D eigenvalue weighted by Crippen LogP contribution is -2.23. The fourth-order valence-corrected chi connectivity index (χ4v) is 4.10. The van der Waals surface area contributed by atoms with E-state index in [9.17, 15) is 9.59 Å². The van der Waals surface area contributed by atoms with Crippen molar-refractivity contribution in [1.82, 2.24) is 0 Å². The Labute approximate surface area is 197 Å². The molecule has 1 fully saturated rings. The lowest BCUT2D eigenvalue weighted by molar-refractivity contribution is -0.150. The predicted octanol–water partition coefficient (Wildman–Crippen LogP) is 8.21. The number of ketones is 1. The molecule has 0 radical (unpaired) electrons. The molecule has 0 aromatic rings. The topological polar surface area (TPSA) is 43.4 Å². The fourth-order valence-electron chi connectivity index (χ4n) is 4.10. The van der Waals surface area contributed by atoms with E-state index in [0.29, 0.717) is 13.0 Å². The van der Waals surface area contributed by atoms with Crippen molar-refractivity contribution in [2.45, 2.75) is 112 Å². The first-order chi connectivity index (χ1) is 15.3. The van der Waals surface area contributed by atoms with Crippen LogP contribution in [0.25, 0.3) is 0 Å². The van der Waals surface area contributed by atoms with E-state index >= 15 is 0 Å². The van der Waals surface area contributed by atoms with Gasteiger partial charge in [-0.3, -0.25) is 9.59 Å². The van der Waals surface area contributed by atoms with Crippen molar-refractivity contribution in [3.8, 4) is 0 Å². The lowest BCUT2D eigenvalue weighted by Gasteiger charge is -2.13. The van der Waals surface area contributed by atoms with Crippen LogP contribution in [-0.4, -0.2) is 18.4 Å². The number of hydrogen-bond acceptors (Lipinski definition) is 3. The molecule has 1 aliphatic rings. The average molecular weight is 443 g/mol. The lowest BCUT2D eigenvalue weighted by atomic mass is 9.93. The molecule has 0 aromatic heterocycles. The Morgan fingerprint density at radius 2 is 1.34 bits per heavy atom. The van der Waals surface area contributed by atoms with E-state index in [4.69, 9.17) is 4.74 Å². The van der Waals surface area contributed by atoms with Crippen LogP contribution in [0.1, 0.15) is 112 Å². The van der Waals surface area contributed by atoms with E-state index in [1.54, 1.807) is 12.5 Å². The number of esters is 1. The van der Waals surface area contributed by atoms with E-state index in [0.717, 1.165) is 25.7 Å². The second-order valence-electron chi connectivity index (χ2n) is 9.34. The molecular weight excluding hydrogens is 396 g/mol. The van der Waals surface area contributed by atoms with Crippen molar-refractivity contribution in [1.29, 1.82) is 0 Å². The Morgan fingerprint density at radius 1 is 0.812 bits per heavy atom. The summed E-state index contributed by atoms with van der Waals surface area (Å²) in [5, 5.41) is 0. The number of hydrogen-bond donors (Lipinski definition) is 0. The standard InChI is InChI=1S/C29H46O3/c1-6-32-29(31)28(26(5)30)22-21-25(4)16-11-15-23(2)13-10-14-24(3)17-12-20-27-18-8-7-9-19-27/h14-15,20-21,28H,6-13,16-19,22H2,1-5H3/b23-15+,24-14+,25-21+. The highest BCUT2D eigenvalue weighted by Gasteiger charge is 2.23. The van der Waals surface area contributed by atoms with Crippen LogP contribution in [0.3, 0.4) is 0 Å². The number of carbonyl (C=O) groups excluding carboxylic acids is 2. The van der Waals surface area contributed by atoms with Crippen LogP contribution >= 0.6 is 0 Å². The van der Waals surface area contributed by atoms with Crippen molar-refractivity contribution in [2.75, 3.05) is 6.61 Å². The quantitative estimate of drug-likeness (QED) is 0.155. The van der Waals surface area contributed by atoms with Gasteiger partial charge in [-0.05, 0) is 105 Å². The van der Waals surface area contributed by atoms with Crippen LogP contribution in [0.4, 0.5) is 0 Å². The summed E-state index contributed by atoms with van der Waals surface area (Å²) in [6.45, 7) is 10.1. The van der Waals surface area contributed by atoms with Crippen molar-refractivity contribution in [2.24, 2.45) is 5.92 Å². The molecule has 0 heterocycles. The maximum absolute atomic E-state index is 11.9. The first kappa shape index (κ1) is 28.1. The molecule has 0 N–H and O–H groups in total. The normalized spacial score (nSPS) is 16.7. The summed E-state index contributed by atoms with van der Waals surface area (Å²) < 4.78 is 5.01. The number of ether oxygens (including phenoxy) is 1. The molecule has 32 heavy (non-hydrogen) atoms. The third-order valence-electron chi connectivity index (χ3n) is 6.29. The number of carbonyl (C=O) groups is 2. The van der Waals surface area contributed by atoms with Crippen LogP contribution < -0.4 is 0 Å². The van der Waals surface area contributed by atoms with Crippen LogP contribution in [0.2, 0.25) is 0 Å². The van der Waals surface area contributed by atoms with Gasteiger partial charge in [0.15, 0.2) is 0 Å². The molecular formula is C29H46O3. The summed E-state index contributed by atoms with van der Waals surface area (Å²) in [7, 11) is 0.